The average Bonchev–Trinajstić information content (AvgIpc) is 3.49. The van der Waals surface area contributed by atoms with E-state index in [1.54, 1.807) is 14.2 Å². The summed E-state index contributed by atoms with van der Waals surface area (Å²) >= 11 is 0. The molecular formula is C41H55BO8. The number of carboxylic acid groups (broad SMARTS) is 1. The second kappa shape index (κ2) is 17.0. The van der Waals surface area contributed by atoms with E-state index in [4.69, 9.17) is 33.4 Å². The van der Waals surface area contributed by atoms with E-state index < -0.39 is 24.3 Å². The molecule has 50 heavy (non-hydrogen) atoms. The third-order valence-electron chi connectivity index (χ3n) is 10.7. The van der Waals surface area contributed by atoms with Crippen molar-refractivity contribution in [2.75, 3.05) is 53.9 Å². The summed E-state index contributed by atoms with van der Waals surface area (Å²) in [6.07, 6.45) is 5.17. The molecule has 1 fully saturated rings. The predicted molar refractivity (Wildman–Crippen MR) is 198 cm³/mol. The Hall–Kier alpha value is -3.05. The number of hydrogen-bond donors (Lipinski definition) is 1. The van der Waals surface area contributed by atoms with Gasteiger partial charge in [0.05, 0.1) is 37.6 Å². The maximum atomic E-state index is 11.0. The molecule has 1 aliphatic heterocycles. The fourth-order valence-corrected chi connectivity index (χ4v) is 7.23. The van der Waals surface area contributed by atoms with Gasteiger partial charge in [-0.2, -0.15) is 0 Å². The largest absolute Gasteiger partial charge is 0.494 e. The minimum atomic E-state index is -0.754. The van der Waals surface area contributed by atoms with Gasteiger partial charge in [0.2, 0.25) is 0 Å². The Balaban J connectivity index is 1.52. The normalized spacial score (nSPS) is 16.8. The number of methoxy groups -OCH3 is 2. The molecule has 5 rings (SSSR count). The van der Waals surface area contributed by atoms with Crippen LogP contribution >= 0.6 is 0 Å². The van der Waals surface area contributed by atoms with Gasteiger partial charge in [0.1, 0.15) is 0 Å². The molecule has 0 spiro atoms. The molecule has 0 radical (unpaired) electrons. The summed E-state index contributed by atoms with van der Waals surface area (Å²) in [7, 11) is 2.94. The van der Waals surface area contributed by atoms with Crippen LogP contribution in [0, 0.1) is 0 Å². The van der Waals surface area contributed by atoms with E-state index in [1.807, 2.05) is 0 Å². The monoisotopic (exact) mass is 686 g/mol. The number of aryl methyl sites for hydroxylation is 1. The molecule has 0 saturated carbocycles. The Bertz CT molecular complexity index is 1540. The molecule has 3 aromatic rings. The number of carboxylic acids is 1. The van der Waals surface area contributed by atoms with Crippen LogP contribution in [0.5, 0.6) is 0 Å². The smallest absolute Gasteiger partial charge is 0.481 e. The number of carbonyl (C=O) groups is 1. The van der Waals surface area contributed by atoms with Crippen molar-refractivity contribution in [2.24, 2.45) is 0 Å². The molecular weight excluding hydrogens is 631 g/mol. The standard InChI is InChI=1S/C41H55BO8/c1-39(2)40(3,4)50-42(49-39)33-17-19-35-34-18-16-32(31-14-12-30(13-15-31)10-7-11-38(43)44)28-36(34)41(37(35)29-33,20-8-22-47-26-24-45-5)21-9-23-48-27-25-46-6/h12-19,28-29H,7-11,20-27H2,1-6H3,(H,43,44). The number of hydrogen-bond acceptors (Lipinski definition) is 7. The number of rotatable bonds is 20. The quantitative estimate of drug-likeness (QED) is 0.0985. The van der Waals surface area contributed by atoms with Crippen LogP contribution in [0.2, 0.25) is 0 Å². The van der Waals surface area contributed by atoms with Crippen LogP contribution in [-0.2, 0) is 44.9 Å². The first-order valence-corrected chi connectivity index (χ1v) is 18.1. The Labute approximate surface area is 298 Å². The lowest BCUT2D eigenvalue weighted by Crippen LogP contribution is -2.41. The van der Waals surface area contributed by atoms with Gasteiger partial charge in [-0.3, -0.25) is 4.79 Å². The molecule has 8 nitrogen and oxygen atoms in total. The van der Waals surface area contributed by atoms with Crippen LogP contribution in [0.25, 0.3) is 22.3 Å². The molecule has 1 N–H and O–H groups in total. The van der Waals surface area contributed by atoms with Crippen LogP contribution in [0.15, 0.2) is 60.7 Å². The third-order valence-corrected chi connectivity index (χ3v) is 10.7. The maximum Gasteiger partial charge on any atom is 0.494 e. The van der Waals surface area contributed by atoms with Crippen molar-refractivity contribution in [3.8, 4) is 22.3 Å². The highest BCUT2D eigenvalue weighted by molar-refractivity contribution is 6.62. The van der Waals surface area contributed by atoms with Crippen LogP contribution in [0.1, 0.15) is 82.9 Å². The molecule has 0 amide bonds. The summed E-state index contributed by atoms with van der Waals surface area (Å²) in [6, 6.07) is 22.2. The minimum absolute atomic E-state index is 0.181. The summed E-state index contributed by atoms with van der Waals surface area (Å²) in [5.41, 5.74) is 8.49. The summed E-state index contributed by atoms with van der Waals surface area (Å²) in [5, 5.41) is 9.05. The summed E-state index contributed by atoms with van der Waals surface area (Å²) in [5.74, 6) is -0.754. The predicted octanol–water partition coefficient (Wildman–Crippen LogP) is 7.21. The SMILES string of the molecule is COCCOCCCC1(CCCOCCOC)c2cc(B3OC(C)(C)C(C)(C)O3)ccc2-c2ccc(-c3ccc(CCCC(=O)O)cc3)cc21. The first kappa shape index (κ1) is 38.2. The fraction of sp³-hybridized carbons (Fsp3) is 0.537. The van der Waals surface area contributed by atoms with Crippen molar-refractivity contribution in [1.82, 2.24) is 0 Å². The van der Waals surface area contributed by atoms with Crippen molar-refractivity contribution >= 4 is 18.6 Å². The second-order valence-electron chi connectivity index (χ2n) is 14.6. The van der Waals surface area contributed by atoms with Gasteiger partial charge in [0.15, 0.2) is 0 Å². The molecule has 2 aliphatic rings. The molecule has 3 aromatic carbocycles. The second-order valence-corrected chi connectivity index (χ2v) is 14.6. The molecule has 1 saturated heterocycles. The van der Waals surface area contributed by atoms with Gasteiger partial charge in [-0.05, 0) is 117 Å². The van der Waals surface area contributed by atoms with Gasteiger partial charge in [0.25, 0.3) is 0 Å². The van der Waals surface area contributed by atoms with E-state index in [0.29, 0.717) is 46.1 Å². The van der Waals surface area contributed by atoms with Gasteiger partial charge >= 0.3 is 13.1 Å². The highest BCUT2D eigenvalue weighted by atomic mass is 16.7. The van der Waals surface area contributed by atoms with Gasteiger partial charge in [0, 0.05) is 39.3 Å². The van der Waals surface area contributed by atoms with Crippen molar-refractivity contribution in [3.63, 3.8) is 0 Å². The van der Waals surface area contributed by atoms with E-state index in [-0.39, 0.29) is 11.8 Å². The fourth-order valence-electron chi connectivity index (χ4n) is 7.23. The van der Waals surface area contributed by atoms with Crippen LogP contribution < -0.4 is 5.46 Å². The Morgan fingerprint density at radius 1 is 0.680 bits per heavy atom. The van der Waals surface area contributed by atoms with Crippen molar-refractivity contribution < 1.29 is 38.2 Å². The summed E-state index contributed by atoms with van der Waals surface area (Å²) in [6.45, 7) is 12.0. The first-order valence-electron chi connectivity index (χ1n) is 18.1. The van der Waals surface area contributed by atoms with E-state index in [0.717, 1.165) is 54.3 Å². The lowest BCUT2D eigenvalue weighted by molar-refractivity contribution is -0.137. The molecule has 0 atom stereocenters. The first-order chi connectivity index (χ1) is 24.0. The number of ether oxygens (including phenoxy) is 4. The van der Waals surface area contributed by atoms with E-state index in [2.05, 4.69) is 88.4 Å². The molecule has 0 aromatic heterocycles. The van der Waals surface area contributed by atoms with E-state index in [1.165, 1.54) is 22.3 Å². The summed E-state index contributed by atoms with van der Waals surface area (Å²) in [4.78, 5) is 11.0. The summed E-state index contributed by atoms with van der Waals surface area (Å²) < 4.78 is 35.5. The lowest BCUT2D eigenvalue weighted by Gasteiger charge is -2.33. The zero-order valence-electron chi connectivity index (χ0n) is 30.8. The Kier molecular flexibility index (Phi) is 13.0. The maximum absolute atomic E-state index is 11.0. The zero-order chi connectivity index (χ0) is 35.8. The molecule has 270 valence electrons. The molecule has 0 bridgehead atoms. The third kappa shape index (κ3) is 8.69. The number of fused-ring (bicyclic) bond motifs is 3. The van der Waals surface area contributed by atoms with Gasteiger partial charge in [-0.25, -0.2) is 0 Å². The van der Waals surface area contributed by atoms with E-state index >= 15 is 0 Å². The molecule has 1 heterocycles. The van der Waals surface area contributed by atoms with Crippen LogP contribution in [0.4, 0.5) is 0 Å². The van der Waals surface area contributed by atoms with Crippen LogP contribution in [0.3, 0.4) is 0 Å². The topological polar surface area (TPSA) is 92.7 Å². The Morgan fingerprint density at radius 2 is 1.22 bits per heavy atom. The molecule has 0 unspecified atom stereocenters. The van der Waals surface area contributed by atoms with Crippen LogP contribution in [-0.4, -0.2) is 83.3 Å². The number of aliphatic carboxylic acids is 1. The zero-order valence-corrected chi connectivity index (χ0v) is 30.8. The van der Waals surface area contributed by atoms with Gasteiger partial charge < -0.3 is 33.4 Å². The van der Waals surface area contributed by atoms with Crippen molar-refractivity contribution in [1.29, 1.82) is 0 Å². The van der Waals surface area contributed by atoms with Crippen molar-refractivity contribution in [2.45, 2.75) is 89.3 Å². The van der Waals surface area contributed by atoms with Crippen molar-refractivity contribution in [3.05, 3.63) is 77.4 Å². The molecule has 9 heteroatoms. The number of benzene rings is 3. The molecule has 1 aliphatic carbocycles. The average molecular weight is 687 g/mol. The minimum Gasteiger partial charge on any atom is -0.481 e. The lowest BCUT2D eigenvalue weighted by atomic mass is 9.69. The van der Waals surface area contributed by atoms with Gasteiger partial charge in [-0.1, -0.05) is 54.6 Å². The Morgan fingerprint density at radius 3 is 1.78 bits per heavy atom. The highest BCUT2D eigenvalue weighted by Crippen LogP contribution is 2.54. The van der Waals surface area contributed by atoms with E-state index in [9.17, 15) is 4.79 Å². The highest BCUT2D eigenvalue weighted by Gasteiger charge is 2.52. The van der Waals surface area contributed by atoms with Gasteiger partial charge in [-0.15, -0.1) is 0 Å².